The summed E-state index contributed by atoms with van der Waals surface area (Å²) in [5.41, 5.74) is 3.41. The van der Waals surface area contributed by atoms with E-state index in [1.807, 2.05) is 36.4 Å². The van der Waals surface area contributed by atoms with Gasteiger partial charge in [-0.3, -0.25) is 0 Å². The fourth-order valence-electron chi connectivity index (χ4n) is 2.88. The third-order valence-electron chi connectivity index (χ3n) is 4.25. The number of carbonyl (C=O) groups excluding carboxylic acids is 1. The molecule has 130 valence electrons. The molecule has 1 aromatic heterocycles. The first kappa shape index (κ1) is 17.3. The summed E-state index contributed by atoms with van der Waals surface area (Å²) < 4.78 is 5.45. The number of hydrogen-bond donors (Lipinski definition) is 0. The Kier molecular flexibility index (Phi) is 5.59. The lowest BCUT2D eigenvalue weighted by Crippen LogP contribution is -2.08. The topological polar surface area (TPSA) is 52.1 Å². The molecule has 0 unspecified atom stereocenters. The molecule has 0 N–H and O–H groups in total. The van der Waals surface area contributed by atoms with E-state index in [1.165, 1.54) is 12.8 Å². The molecule has 4 nitrogen and oxygen atoms in total. The van der Waals surface area contributed by atoms with Gasteiger partial charge in [-0.05, 0) is 36.6 Å². The molecule has 0 atom stereocenters. The molecular weight excluding hydrogens is 312 g/mol. The lowest BCUT2D eigenvalue weighted by Gasteiger charge is -2.08. The Labute approximate surface area is 148 Å². The van der Waals surface area contributed by atoms with Crippen molar-refractivity contribution in [2.75, 3.05) is 6.61 Å². The molecule has 0 fully saturated rings. The third kappa shape index (κ3) is 4.32. The van der Waals surface area contributed by atoms with Crippen LogP contribution in [-0.2, 0) is 4.74 Å². The van der Waals surface area contributed by atoms with Gasteiger partial charge < -0.3 is 4.74 Å². The number of aromatic nitrogens is 2. The smallest absolute Gasteiger partial charge is 0.340 e. The highest BCUT2D eigenvalue weighted by Crippen LogP contribution is 2.20. The number of fused-ring (bicyclic) bond motifs is 2. The molecular formula is C21H24N2O2. The van der Waals surface area contributed by atoms with Crippen molar-refractivity contribution in [3.8, 4) is 0 Å². The van der Waals surface area contributed by atoms with E-state index in [-0.39, 0.29) is 5.97 Å². The Bertz CT molecular complexity index is 874. The van der Waals surface area contributed by atoms with Crippen molar-refractivity contribution in [2.45, 2.75) is 39.5 Å². The predicted molar refractivity (Wildman–Crippen MR) is 101 cm³/mol. The van der Waals surface area contributed by atoms with Crippen molar-refractivity contribution in [3.63, 3.8) is 0 Å². The number of esters is 1. The lowest BCUT2D eigenvalue weighted by molar-refractivity contribution is 0.0499. The second kappa shape index (κ2) is 8.06. The van der Waals surface area contributed by atoms with Crippen molar-refractivity contribution >= 4 is 28.0 Å². The number of rotatable bonds is 7. The van der Waals surface area contributed by atoms with Gasteiger partial charge in [0.1, 0.15) is 5.52 Å². The second-order valence-electron chi connectivity index (χ2n) is 6.76. The molecule has 0 saturated carbocycles. The Balaban J connectivity index is 1.70. The number of ether oxygens (including phenoxy) is 1. The average molecular weight is 336 g/mol. The summed E-state index contributed by atoms with van der Waals surface area (Å²) in [5.74, 6) is 0.408. The number of carbonyl (C=O) groups is 1. The standard InChI is InChI=1S/C21H24N2O2/c1-15(2)9-4-3-7-14-25-21(24)16-10-8-13-19-20(16)23-18-12-6-5-11-17(18)22-19/h5-6,8,10-13,15H,3-4,7,9,14H2,1-2H3. The van der Waals surface area contributed by atoms with Gasteiger partial charge in [-0.25, -0.2) is 14.8 Å². The van der Waals surface area contributed by atoms with E-state index in [4.69, 9.17) is 4.74 Å². The van der Waals surface area contributed by atoms with Gasteiger partial charge in [0.25, 0.3) is 0 Å². The molecule has 3 rings (SSSR count). The van der Waals surface area contributed by atoms with Gasteiger partial charge in [-0.2, -0.15) is 0 Å². The zero-order chi connectivity index (χ0) is 17.6. The number of benzene rings is 2. The van der Waals surface area contributed by atoms with Crippen molar-refractivity contribution in [1.29, 1.82) is 0 Å². The molecule has 1 heterocycles. The summed E-state index contributed by atoms with van der Waals surface area (Å²) in [5, 5.41) is 0. The van der Waals surface area contributed by atoms with Crippen LogP contribution < -0.4 is 0 Å². The zero-order valence-corrected chi connectivity index (χ0v) is 14.9. The fraction of sp³-hybridized carbons (Fsp3) is 0.381. The van der Waals surface area contributed by atoms with E-state index in [1.54, 1.807) is 6.07 Å². The molecule has 0 aliphatic heterocycles. The van der Waals surface area contributed by atoms with E-state index in [9.17, 15) is 4.79 Å². The maximum Gasteiger partial charge on any atom is 0.340 e. The van der Waals surface area contributed by atoms with Gasteiger partial charge in [0, 0.05) is 0 Å². The number of nitrogens with zero attached hydrogens (tertiary/aromatic N) is 2. The summed E-state index contributed by atoms with van der Waals surface area (Å²) in [6.07, 6.45) is 4.39. The molecule has 0 radical (unpaired) electrons. The molecule has 2 aromatic carbocycles. The average Bonchev–Trinajstić information content (AvgIpc) is 2.61. The van der Waals surface area contributed by atoms with Crippen LogP contribution in [0.1, 0.15) is 49.9 Å². The van der Waals surface area contributed by atoms with Crippen LogP contribution in [0.25, 0.3) is 22.1 Å². The minimum atomic E-state index is -0.320. The Morgan fingerprint density at radius 1 is 0.920 bits per heavy atom. The third-order valence-corrected chi connectivity index (χ3v) is 4.25. The Morgan fingerprint density at radius 2 is 1.64 bits per heavy atom. The maximum absolute atomic E-state index is 12.4. The SMILES string of the molecule is CC(C)CCCCCOC(=O)c1cccc2nc3ccccc3nc12. The quantitative estimate of drug-likeness (QED) is 0.340. The normalized spacial score (nSPS) is 11.3. The van der Waals surface area contributed by atoms with Crippen LogP contribution in [-0.4, -0.2) is 22.5 Å². The molecule has 0 bridgehead atoms. The molecule has 0 spiro atoms. The van der Waals surface area contributed by atoms with Crippen molar-refractivity contribution in [2.24, 2.45) is 5.92 Å². The number of para-hydroxylation sites is 3. The van der Waals surface area contributed by atoms with Crippen LogP contribution in [0.15, 0.2) is 42.5 Å². The van der Waals surface area contributed by atoms with Gasteiger partial charge in [-0.1, -0.05) is 51.3 Å². The van der Waals surface area contributed by atoms with Crippen molar-refractivity contribution in [3.05, 3.63) is 48.0 Å². The van der Waals surface area contributed by atoms with Crippen molar-refractivity contribution < 1.29 is 9.53 Å². The van der Waals surface area contributed by atoms with E-state index < -0.39 is 0 Å². The highest BCUT2D eigenvalue weighted by atomic mass is 16.5. The molecule has 25 heavy (non-hydrogen) atoms. The first-order chi connectivity index (χ1) is 12.1. The molecule has 0 amide bonds. The highest BCUT2D eigenvalue weighted by Gasteiger charge is 2.14. The lowest BCUT2D eigenvalue weighted by atomic mass is 10.1. The minimum absolute atomic E-state index is 0.320. The van der Waals surface area contributed by atoms with Crippen molar-refractivity contribution in [1.82, 2.24) is 9.97 Å². The summed E-state index contributed by atoms with van der Waals surface area (Å²) in [4.78, 5) is 21.6. The molecule has 0 saturated heterocycles. The van der Waals surface area contributed by atoms with E-state index in [0.717, 1.165) is 29.8 Å². The first-order valence-corrected chi connectivity index (χ1v) is 8.98. The van der Waals surface area contributed by atoms with Crippen LogP contribution in [0.4, 0.5) is 0 Å². The summed E-state index contributed by atoms with van der Waals surface area (Å²) in [6, 6.07) is 13.1. The number of unbranched alkanes of at least 4 members (excludes halogenated alkanes) is 2. The van der Waals surface area contributed by atoms with Gasteiger partial charge in [0.15, 0.2) is 0 Å². The fourth-order valence-corrected chi connectivity index (χ4v) is 2.88. The van der Waals surface area contributed by atoms with Crippen LogP contribution in [0.5, 0.6) is 0 Å². The van der Waals surface area contributed by atoms with Gasteiger partial charge in [0.2, 0.25) is 0 Å². The van der Waals surface area contributed by atoms with Crippen LogP contribution >= 0.6 is 0 Å². The van der Waals surface area contributed by atoms with Gasteiger partial charge in [0.05, 0.1) is 28.7 Å². The highest BCUT2D eigenvalue weighted by molar-refractivity contribution is 6.03. The van der Waals surface area contributed by atoms with Gasteiger partial charge >= 0.3 is 5.97 Å². The Morgan fingerprint density at radius 3 is 2.40 bits per heavy atom. The van der Waals surface area contributed by atoms with Crippen LogP contribution in [0.2, 0.25) is 0 Å². The predicted octanol–water partition coefficient (Wildman–Crippen LogP) is 5.16. The van der Waals surface area contributed by atoms with E-state index >= 15 is 0 Å². The summed E-state index contributed by atoms with van der Waals surface area (Å²) >= 11 is 0. The number of hydrogen-bond acceptors (Lipinski definition) is 4. The Hall–Kier alpha value is -2.49. The zero-order valence-electron chi connectivity index (χ0n) is 14.9. The molecule has 3 aromatic rings. The van der Waals surface area contributed by atoms with Crippen LogP contribution in [0, 0.1) is 5.92 Å². The van der Waals surface area contributed by atoms with E-state index in [2.05, 4.69) is 23.8 Å². The van der Waals surface area contributed by atoms with E-state index in [0.29, 0.717) is 23.2 Å². The minimum Gasteiger partial charge on any atom is -0.462 e. The largest absolute Gasteiger partial charge is 0.462 e. The summed E-state index contributed by atoms with van der Waals surface area (Å²) in [6.45, 7) is 4.91. The second-order valence-corrected chi connectivity index (χ2v) is 6.76. The molecule has 4 heteroatoms. The maximum atomic E-state index is 12.4. The summed E-state index contributed by atoms with van der Waals surface area (Å²) in [7, 11) is 0. The molecule has 0 aliphatic carbocycles. The molecule has 0 aliphatic rings. The first-order valence-electron chi connectivity index (χ1n) is 8.98. The van der Waals surface area contributed by atoms with Crippen LogP contribution in [0.3, 0.4) is 0 Å². The van der Waals surface area contributed by atoms with Gasteiger partial charge in [-0.15, -0.1) is 0 Å². The monoisotopic (exact) mass is 336 g/mol.